The SMILES string of the molecule is COCC(C)n1nnc(C(=O)OCc2ccccc2)c1C. The number of nitrogens with zero attached hydrogens (tertiary/aromatic N) is 3. The number of rotatable bonds is 6. The van der Waals surface area contributed by atoms with Gasteiger partial charge in [0.25, 0.3) is 0 Å². The Morgan fingerprint density at radius 2 is 2.05 bits per heavy atom. The topological polar surface area (TPSA) is 66.2 Å². The van der Waals surface area contributed by atoms with Gasteiger partial charge in [-0.2, -0.15) is 0 Å². The highest BCUT2D eigenvalue weighted by molar-refractivity contribution is 5.88. The molecule has 0 fully saturated rings. The van der Waals surface area contributed by atoms with Crippen LogP contribution in [0.1, 0.15) is 34.7 Å². The lowest BCUT2D eigenvalue weighted by Crippen LogP contribution is -2.15. The first-order valence-electron chi connectivity index (χ1n) is 6.75. The fraction of sp³-hybridized carbons (Fsp3) is 0.400. The third-order valence-electron chi connectivity index (χ3n) is 3.16. The molecule has 2 aromatic rings. The first-order valence-corrected chi connectivity index (χ1v) is 6.75. The van der Waals surface area contributed by atoms with E-state index in [1.54, 1.807) is 18.7 Å². The molecule has 0 radical (unpaired) electrons. The van der Waals surface area contributed by atoms with Gasteiger partial charge in [0.1, 0.15) is 6.61 Å². The highest BCUT2D eigenvalue weighted by Crippen LogP contribution is 2.13. The van der Waals surface area contributed by atoms with Crippen LogP contribution in [0.5, 0.6) is 0 Å². The minimum Gasteiger partial charge on any atom is -0.456 e. The summed E-state index contributed by atoms with van der Waals surface area (Å²) in [6.07, 6.45) is 0. The van der Waals surface area contributed by atoms with Crippen LogP contribution in [0.4, 0.5) is 0 Å². The first-order chi connectivity index (χ1) is 10.1. The van der Waals surface area contributed by atoms with Gasteiger partial charge in [0.15, 0.2) is 5.69 Å². The summed E-state index contributed by atoms with van der Waals surface area (Å²) in [6.45, 7) is 4.47. The van der Waals surface area contributed by atoms with Gasteiger partial charge in [0.05, 0.1) is 18.3 Å². The molecule has 1 heterocycles. The zero-order valence-electron chi connectivity index (χ0n) is 12.4. The van der Waals surface area contributed by atoms with Crippen LogP contribution in [0, 0.1) is 6.92 Å². The summed E-state index contributed by atoms with van der Waals surface area (Å²) >= 11 is 0. The number of esters is 1. The van der Waals surface area contributed by atoms with E-state index in [0.717, 1.165) is 5.56 Å². The summed E-state index contributed by atoms with van der Waals surface area (Å²) in [4.78, 5) is 12.1. The van der Waals surface area contributed by atoms with E-state index in [9.17, 15) is 4.79 Å². The Bertz CT molecular complexity index is 595. The van der Waals surface area contributed by atoms with Gasteiger partial charge in [-0.25, -0.2) is 9.48 Å². The van der Waals surface area contributed by atoms with Crippen molar-refractivity contribution in [2.75, 3.05) is 13.7 Å². The van der Waals surface area contributed by atoms with Gasteiger partial charge in [0.2, 0.25) is 0 Å². The largest absolute Gasteiger partial charge is 0.456 e. The lowest BCUT2D eigenvalue weighted by atomic mass is 10.2. The number of carbonyl (C=O) groups is 1. The maximum absolute atomic E-state index is 12.1. The number of hydrogen-bond acceptors (Lipinski definition) is 5. The summed E-state index contributed by atoms with van der Waals surface area (Å²) in [5, 5.41) is 7.91. The molecule has 1 aromatic carbocycles. The van der Waals surface area contributed by atoms with E-state index in [-0.39, 0.29) is 18.3 Å². The molecule has 0 N–H and O–H groups in total. The Balaban J connectivity index is 2.03. The Morgan fingerprint density at radius 3 is 2.71 bits per heavy atom. The van der Waals surface area contributed by atoms with E-state index in [1.807, 2.05) is 37.3 Å². The molecule has 0 bridgehead atoms. The van der Waals surface area contributed by atoms with Crippen molar-refractivity contribution in [1.29, 1.82) is 0 Å². The van der Waals surface area contributed by atoms with Gasteiger partial charge in [-0.1, -0.05) is 35.5 Å². The minimum absolute atomic E-state index is 0.0122. The number of aromatic nitrogens is 3. The molecule has 112 valence electrons. The van der Waals surface area contributed by atoms with Gasteiger partial charge < -0.3 is 9.47 Å². The Labute approximate surface area is 123 Å². The Kier molecular flexibility index (Phi) is 5.05. The number of hydrogen-bond donors (Lipinski definition) is 0. The van der Waals surface area contributed by atoms with E-state index in [1.165, 1.54) is 0 Å². The second-order valence-electron chi connectivity index (χ2n) is 4.83. The molecule has 6 nitrogen and oxygen atoms in total. The fourth-order valence-corrected chi connectivity index (χ4v) is 2.05. The number of methoxy groups -OCH3 is 1. The zero-order chi connectivity index (χ0) is 15.2. The van der Waals surface area contributed by atoms with E-state index >= 15 is 0 Å². The van der Waals surface area contributed by atoms with E-state index < -0.39 is 5.97 Å². The number of benzene rings is 1. The molecule has 1 atom stereocenters. The highest BCUT2D eigenvalue weighted by atomic mass is 16.5. The Hall–Kier alpha value is -2.21. The van der Waals surface area contributed by atoms with Gasteiger partial charge in [-0.05, 0) is 19.4 Å². The molecule has 0 saturated carbocycles. The molecule has 0 amide bonds. The average Bonchev–Trinajstić information content (AvgIpc) is 2.88. The van der Waals surface area contributed by atoms with Gasteiger partial charge >= 0.3 is 5.97 Å². The Morgan fingerprint density at radius 1 is 1.33 bits per heavy atom. The molecule has 21 heavy (non-hydrogen) atoms. The first kappa shape index (κ1) is 15.2. The molecule has 0 aliphatic carbocycles. The van der Waals surface area contributed by atoms with E-state index in [0.29, 0.717) is 12.3 Å². The summed E-state index contributed by atoms with van der Waals surface area (Å²) in [7, 11) is 1.62. The standard InChI is InChI=1S/C15H19N3O3/c1-11(9-20-3)18-12(2)14(16-17-18)15(19)21-10-13-7-5-4-6-8-13/h4-8,11H,9-10H2,1-3H3. The van der Waals surface area contributed by atoms with Crippen molar-refractivity contribution in [1.82, 2.24) is 15.0 Å². The van der Waals surface area contributed by atoms with Crippen LogP contribution in [-0.4, -0.2) is 34.7 Å². The fourth-order valence-electron chi connectivity index (χ4n) is 2.05. The van der Waals surface area contributed by atoms with E-state index in [4.69, 9.17) is 9.47 Å². The molecular weight excluding hydrogens is 270 g/mol. The molecule has 1 unspecified atom stereocenters. The van der Waals surface area contributed by atoms with Gasteiger partial charge in [0, 0.05) is 7.11 Å². The monoisotopic (exact) mass is 289 g/mol. The van der Waals surface area contributed by atoms with Crippen molar-refractivity contribution in [3.63, 3.8) is 0 Å². The lowest BCUT2D eigenvalue weighted by molar-refractivity contribution is 0.0464. The smallest absolute Gasteiger partial charge is 0.361 e. The van der Waals surface area contributed by atoms with Crippen molar-refractivity contribution in [2.45, 2.75) is 26.5 Å². The molecule has 0 spiro atoms. The van der Waals surface area contributed by atoms with Crippen LogP contribution in [-0.2, 0) is 16.1 Å². The summed E-state index contributed by atoms with van der Waals surface area (Å²) in [5.41, 5.74) is 1.86. The highest BCUT2D eigenvalue weighted by Gasteiger charge is 2.20. The van der Waals surface area contributed by atoms with Crippen molar-refractivity contribution in [3.05, 3.63) is 47.3 Å². The molecule has 0 saturated heterocycles. The van der Waals surface area contributed by atoms with Gasteiger partial charge in [-0.3, -0.25) is 0 Å². The molecule has 6 heteroatoms. The zero-order valence-corrected chi connectivity index (χ0v) is 12.4. The molecule has 0 aliphatic heterocycles. The van der Waals surface area contributed by atoms with Crippen molar-refractivity contribution in [2.24, 2.45) is 0 Å². The molecule has 1 aromatic heterocycles. The van der Waals surface area contributed by atoms with Crippen molar-refractivity contribution in [3.8, 4) is 0 Å². The van der Waals surface area contributed by atoms with Crippen LogP contribution in [0.15, 0.2) is 30.3 Å². The van der Waals surface area contributed by atoms with Crippen LogP contribution in [0.3, 0.4) is 0 Å². The third kappa shape index (κ3) is 3.66. The van der Waals surface area contributed by atoms with Crippen LogP contribution in [0.25, 0.3) is 0 Å². The molecule has 2 rings (SSSR count). The summed E-state index contributed by atoms with van der Waals surface area (Å²) in [5.74, 6) is -0.466. The lowest BCUT2D eigenvalue weighted by Gasteiger charge is -2.11. The number of carbonyl (C=O) groups excluding carboxylic acids is 1. The predicted molar refractivity (Wildman–Crippen MR) is 76.9 cm³/mol. The molecule has 0 aliphatic rings. The second kappa shape index (κ2) is 6.99. The maximum atomic E-state index is 12.1. The predicted octanol–water partition coefficient (Wildman–Crippen LogP) is 2.15. The van der Waals surface area contributed by atoms with Crippen LogP contribution < -0.4 is 0 Å². The van der Waals surface area contributed by atoms with Crippen LogP contribution >= 0.6 is 0 Å². The summed E-state index contributed by atoms with van der Waals surface area (Å²) < 4.78 is 12.0. The normalized spacial score (nSPS) is 12.1. The quantitative estimate of drug-likeness (QED) is 0.762. The molecular formula is C15H19N3O3. The van der Waals surface area contributed by atoms with Crippen LogP contribution in [0.2, 0.25) is 0 Å². The third-order valence-corrected chi connectivity index (χ3v) is 3.16. The van der Waals surface area contributed by atoms with Gasteiger partial charge in [-0.15, -0.1) is 5.10 Å². The van der Waals surface area contributed by atoms with Crippen molar-refractivity contribution >= 4 is 5.97 Å². The maximum Gasteiger partial charge on any atom is 0.361 e. The minimum atomic E-state index is -0.466. The summed E-state index contributed by atoms with van der Waals surface area (Å²) in [6, 6.07) is 9.53. The number of ether oxygens (including phenoxy) is 2. The van der Waals surface area contributed by atoms with E-state index in [2.05, 4.69) is 10.3 Å². The van der Waals surface area contributed by atoms with Crippen molar-refractivity contribution < 1.29 is 14.3 Å². The average molecular weight is 289 g/mol. The second-order valence-corrected chi connectivity index (χ2v) is 4.83.